The van der Waals surface area contributed by atoms with Gasteiger partial charge in [0.1, 0.15) is 12.5 Å². The molecule has 1 rings (SSSR count). The summed E-state index contributed by atoms with van der Waals surface area (Å²) in [7, 11) is 0. The van der Waals surface area contributed by atoms with E-state index in [1.54, 1.807) is 18.2 Å². The Labute approximate surface area is 99.6 Å². The molecule has 1 unspecified atom stereocenters. The lowest BCUT2D eigenvalue weighted by Crippen LogP contribution is -2.10. The van der Waals surface area contributed by atoms with Crippen molar-refractivity contribution >= 4 is 17.6 Å². The van der Waals surface area contributed by atoms with Crippen LogP contribution in [0.4, 0.5) is 0 Å². The maximum Gasteiger partial charge on any atom is 0.302 e. The van der Waals surface area contributed by atoms with E-state index in [9.17, 15) is 4.79 Å². The predicted molar refractivity (Wildman–Crippen MR) is 61.2 cm³/mol. The Hall–Kier alpha value is -1.53. The second kappa shape index (κ2) is 5.53. The van der Waals surface area contributed by atoms with Gasteiger partial charge in [0.2, 0.25) is 0 Å². The lowest BCUT2D eigenvalue weighted by molar-refractivity contribution is -0.141. The molecular weight excluding hydrogens is 226 g/mol. The van der Waals surface area contributed by atoms with Gasteiger partial charge in [0.25, 0.3) is 0 Å². The summed E-state index contributed by atoms with van der Waals surface area (Å²) in [5.74, 6) is -0.826. The lowest BCUT2D eigenvalue weighted by Gasteiger charge is -2.12. The van der Waals surface area contributed by atoms with Crippen LogP contribution >= 0.6 is 11.6 Å². The SMILES string of the molecule is CC(=O)OCC(C#N)c1ccc(Cl)cc1C. The van der Waals surface area contributed by atoms with E-state index in [-0.39, 0.29) is 12.6 Å². The first-order valence-corrected chi connectivity index (χ1v) is 5.21. The highest BCUT2D eigenvalue weighted by molar-refractivity contribution is 6.30. The molecule has 1 atom stereocenters. The molecule has 4 heteroatoms. The van der Waals surface area contributed by atoms with E-state index in [1.807, 2.05) is 6.92 Å². The van der Waals surface area contributed by atoms with Gasteiger partial charge in [-0.3, -0.25) is 4.79 Å². The molecule has 16 heavy (non-hydrogen) atoms. The van der Waals surface area contributed by atoms with E-state index >= 15 is 0 Å². The van der Waals surface area contributed by atoms with E-state index < -0.39 is 5.92 Å². The topological polar surface area (TPSA) is 50.1 Å². The van der Waals surface area contributed by atoms with Gasteiger partial charge in [-0.2, -0.15) is 5.26 Å². The number of carbonyl (C=O) groups excluding carboxylic acids is 1. The van der Waals surface area contributed by atoms with Gasteiger partial charge >= 0.3 is 5.97 Å². The fourth-order valence-corrected chi connectivity index (χ4v) is 1.65. The number of nitriles is 1. The van der Waals surface area contributed by atoms with Gasteiger partial charge in [-0.05, 0) is 30.2 Å². The largest absolute Gasteiger partial charge is 0.464 e. The number of hydrogen-bond donors (Lipinski definition) is 0. The summed E-state index contributed by atoms with van der Waals surface area (Å²) in [6, 6.07) is 7.41. The number of halogens is 1. The fourth-order valence-electron chi connectivity index (χ4n) is 1.43. The fraction of sp³-hybridized carbons (Fsp3) is 0.333. The van der Waals surface area contributed by atoms with E-state index in [0.717, 1.165) is 11.1 Å². The third kappa shape index (κ3) is 3.25. The van der Waals surface area contributed by atoms with Crippen LogP contribution in [-0.4, -0.2) is 12.6 Å². The Morgan fingerprint density at radius 3 is 2.81 bits per heavy atom. The van der Waals surface area contributed by atoms with Gasteiger partial charge in [-0.1, -0.05) is 17.7 Å². The van der Waals surface area contributed by atoms with Crippen molar-refractivity contribution in [2.75, 3.05) is 6.61 Å². The van der Waals surface area contributed by atoms with E-state index in [0.29, 0.717) is 5.02 Å². The highest BCUT2D eigenvalue weighted by Crippen LogP contribution is 2.22. The minimum atomic E-state index is -0.443. The van der Waals surface area contributed by atoms with Crippen LogP contribution in [0.5, 0.6) is 0 Å². The van der Waals surface area contributed by atoms with Crippen LogP contribution in [0.15, 0.2) is 18.2 Å². The number of ether oxygens (including phenoxy) is 1. The smallest absolute Gasteiger partial charge is 0.302 e. The highest BCUT2D eigenvalue weighted by Gasteiger charge is 2.14. The molecule has 0 aromatic heterocycles. The van der Waals surface area contributed by atoms with Crippen molar-refractivity contribution in [2.24, 2.45) is 0 Å². The van der Waals surface area contributed by atoms with Crippen molar-refractivity contribution in [2.45, 2.75) is 19.8 Å². The van der Waals surface area contributed by atoms with Crippen LogP contribution in [0.1, 0.15) is 24.0 Å². The summed E-state index contributed by atoms with van der Waals surface area (Å²) >= 11 is 5.82. The third-order valence-corrected chi connectivity index (χ3v) is 2.45. The summed E-state index contributed by atoms with van der Waals surface area (Å²) in [6.07, 6.45) is 0. The van der Waals surface area contributed by atoms with E-state index in [1.165, 1.54) is 6.92 Å². The van der Waals surface area contributed by atoms with Crippen LogP contribution in [0.25, 0.3) is 0 Å². The van der Waals surface area contributed by atoms with Gasteiger partial charge in [-0.15, -0.1) is 0 Å². The molecule has 0 N–H and O–H groups in total. The van der Waals surface area contributed by atoms with Crippen molar-refractivity contribution in [3.63, 3.8) is 0 Å². The Kier molecular flexibility index (Phi) is 4.33. The molecular formula is C12H12ClNO2. The first-order valence-electron chi connectivity index (χ1n) is 4.83. The molecule has 0 amide bonds. The maximum atomic E-state index is 10.7. The quantitative estimate of drug-likeness (QED) is 0.760. The predicted octanol–water partition coefficient (Wildman–Crippen LogP) is 2.82. The molecule has 1 aromatic carbocycles. The molecule has 0 aliphatic heterocycles. The number of carbonyl (C=O) groups is 1. The molecule has 0 saturated carbocycles. The highest BCUT2D eigenvalue weighted by atomic mass is 35.5. The summed E-state index contributed by atoms with van der Waals surface area (Å²) in [5, 5.41) is 9.64. The molecule has 0 saturated heterocycles. The standard InChI is InChI=1S/C12H12ClNO2/c1-8-5-11(13)3-4-12(8)10(6-14)7-16-9(2)15/h3-5,10H,7H2,1-2H3. The van der Waals surface area contributed by atoms with Crippen LogP contribution < -0.4 is 0 Å². The van der Waals surface area contributed by atoms with Gasteiger partial charge in [0.15, 0.2) is 0 Å². The van der Waals surface area contributed by atoms with Gasteiger partial charge in [0.05, 0.1) is 6.07 Å². The maximum absolute atomic E-state index is 10.7. The first kappa shape index (κ1) is 12.5. The van der Waals surface area contributed by atoms with Crippen molar-refractivity contribution in [3.8, 4) is 6.07 Å². The minimum Gasteiger partial charge on any atom is -0.464 e. The van der Waals surface area contributed by atoms with Gasteiger partial charge < -0.3 is 4.74 Å². The Balaban J connectivity index is 2.87. The number of nitrogens with zero attached hydrogens (tertiary/aromatic N) is 1. The molecule has 84 valence electrons. The van der Waals surface area contributed by atoms with Crippen molar-refractivity contribution < 1.29 is 9.53 Å². The number of benzene rings is 1. The Morgan fingerprint density at radius 1 is 1.62 bits per heavy atom. The van der Waals surface area contributed by atoms with Crippen LogP contribution in [0.2, 0.25) is 5.02 Å². The second-order valence-electron chi connectivity index (χ2n) is 3.49. The normalized spacial score (nSPS) is 11.6. The summed E-state index contributed by atoms with van der Waals surface area (Å²) in [4.78, 5) is 10.7. The summed E-state index contributed by atoms with van der Waals surface area (Å²) in [6.45, 7) is 3.27. The van der Waals surface area contributed by atoms with Crippen molar-refractivity contribution in [1.29, 1.82) is 5.26 Å². The number of esters is 1. The number of rotatable bonds is 3. The molecule has 0 aliphatic carbocycles. The average Bonchev–Trinajstić information content (AvgIpc) is 2.21. The third-order valence-electron chi connectivity index (χ3n) is 2.22. The summed E-state index contributed by atoms with van der Waals surface area (Å²) in [5.41, 5.74) is 1.76. The molecule has 0 aliphatic rings. The zero-order valence-corrected chi connectivity index (χ0v) is 9.91. The van der Waals surface area contributed by atoms with E-state index in [2.05, 4.69) is 6.07 Å². The summed E-state index contributed by atoms with van der Waals surface area (Å²) < 4.78 is 4.84. The molecule has 3 nitrogen and oxygen atoms in total. The minimum absolute atomic E-state index is 0.0777. The van der Waals surface area contributed by atoms with Crippen LogP contribution in [0, 0.1) is 18.3 Å². The average molecular weight is 238 g/mol. The molecule has 0 radical (unpaired) electrons. The van der Waals surface area contributed by atoms with Gasteiger partial charge in [0, 0.05) is 11.9 Å². The second-order valence-corrected chi connectivity index (χ2v) is 3.92. The lowest BCUT2D eigenvalue weighted by atomic mass is 9.97. The molecule has 0 spiro atoms. The first-order chi connectivity index (χ1) is 7.54. The zero-order chi connectivity index (χ0) is 12.1. The Bertz CT molecular complexity index is 437. The zero-order valence-electron chi connectivity index (χ0n) is 9.16. The molecule has 1 aromatic rings. The Morgan fingerprint density at radius 2 is 2.31 bits per heavy atom. The monoisotopic (exact) mass is 237 g/mol. The van der Waals surface area contributed by atoms with E-state index in [4.69, 9.17) is 21.6 Å². The molecule has 0 fully saturated rings. The van der Waals surface area contributed by atoms with Crippen molar-refractivity contribution in [1.82, 2.24) is 0 Å². The molecule has 0 heterocycles. The number of hydrogen-bond acceptors (Lipinski definition) is 3. The van der Waals surface area contributed by atoms with Crippen LogP contribution in [0.3, 0.4) is 0 Å². The number of aryl methyl sites for hydroxylation is 1. The molecule has 0 bridgehead atoms. The van der Waals surface area contributed by atoms with Gasteiger partial charge in [-0.25, -0.2) is 0 Å². The van der Waals surface area contributed by atoms with Crippen LogP contribution in [-0.2, 0) is 9.53 Å². The van der Waals surface area contributed by atoms with Crippen molar-refractivity contribution in [3.05, 3.63) is 34.3 Å².